The summed E-state index contributed by atoms with van der Waals surface area (Å²) >= 11 is 0. The number of nitrogens with zero attached hydrogens (tertiary/aromatic N) is 2. The summed E-state index contributed by atoms with van der Waals surface area (Å²) in [5.74, 6) is -0.483. The monoisotopic (exact) mass is 284 g/mol. The first-order valence-electron chi connectivity index (χ1n) is 7.47. The highest BCUT2D eigenvalue weighted by Crippen LogP contribution is 2.37. The van der Waals surface area contributed by atoms with E-state index in [2.05, 4.69) is 12.0 Å². The molecular weight excluding hydrogens is 264 g/mol. The Labute approximate surface area is 124 Å². The molecule has 1 aliphatic rings. The Hall–Kier alpha value is -2.10. The minimum atomic E-state index is -0.705. The number of hydrogen-bond donors (Lipinski definition) is 1. The van der Waals surface area contributed by atoms with E-state index in [-0.39, 0.29) is 12.0 Å². The molecule has 0 radical (unpaired) electrons. The average Bonchev–Trinajstić information content (AvgIpc) is 2.97. The van der Waals surface area contributed by atoms with E-state index in [1.807, 2.05) is 47.4 Å². The molecule has 1 aliphatic carbocycles. The Balaban J connectivity index is 1.88. The van der Waals surface area contributed by atoms with E-state index < -0.39 is 5.97 Å². The van der Waals surface area contributed by atoms with Crippen molar-refractivity contribution in [3.8, 4) is 11.1 Å². The molecule has 0 amide bonds. The SMILES string of the molecule is CC1CCC(C(=O)O)C(n2cc(-c3ccccc3)cn2)C1. The maximum atomic E-state index is 11.5. The molecule has 110 valence electrons. The molecule has 4 heteroatoms. The van der Waals surface area contributed by atoms with E-state index in [4.69, 9.17) is 0 Å². The molecule has 0 saturated heterocycles. The van der Waals surface area contributed by atoms with Crippen molar-refractivity contribution in [3.05, 3.63) is 42.7 Å². The molecule has 21 heavy (non-hydrogen) atoms. The van der Waals surface area contributed by atoms with Gasteiger partial charge in [-0.1, -0.05) is 37.3 Å². The lowest BCUT2D eigenvalue weighted by Gasteiger charge is -2.32. The smallest absolute Gasteiger partial charge is 0.308 e. The highest BCUT2D eigenvalue weighted by molar-refractivity contribution is 5.71. The van der Waals surface area contributed by atoms with E-state index >= 15 is 0 Å². The van der Waals surface area contributed by atoms with Crippen molar-refractivity contribution in [1.29, 1.82) is 0 Å². The number of carboxylic acids is 1. The summed E-state index contributed by atoms with van der Waals surface area (Å²) in [7, 11) is 0. The summed E-state index contributed by atoms with van der Waals surface area (Å²) < 4.78 is 1.86. The summed E-state index contributed by atoms with van der Waals surface area (Å²) in [6, 6.07) is 10.0. The van der Waals surface area contributed by atoms with E-state index in [9.17, 15) is 9.90 Å². The van der Waals surface area contributed by atoms with Gasteiger partial charge in [-0.2, -0.15) is 5.10 Å². The first kappa shape index (κ1) is 13.9. The van der Waals surface area contributed by atoms with Gasteiger partial charge in [-0.15, -0.1) is 0 Å². The van der Waals surface area contributed by atoms with E-state index in [1.165, 1.54) is 0 Å². The van der Waals surface area contributed by atoms with E-state index in [0.29, 0.717) is 5.92 Å². The Bertz CT molecular complexity index is 621. The van der Waals surface area contributed by atoms with Gasteiger partial charge < -0.3 is 5.11 Å². The molecule has 3 unspecified atom stereocenters. The Morgan fingerprint density at radius 3 is 2.71 bits per heavy atom. The van der Waals surface area contributed by atoms with Gasteiger partial charge in [0, 0.05) is 11.8 Å². The van der Waals surface area contributed by atoms with Gasteiger partial charge >= 0.3 is 5.97 Å². The van der Waals surface area contributed by atoms with Crippen molar-refractivity contribution in [2.45, 2.75) is 32.2 Å². The third-order valence-corrected chi connectivity index (χ3v) is 4.44. The number of aromatic nitrogens is 2. The van der Waals surface area contributed by atoms with Crippen LogP contribution in [-0.2, 0) is 4.79 Å². The van der Waals surface area contributed by atoms with Gasteiger partial charge in [0.2, 0.25) is 0 Å². The van der Waals surface area contributed by atoms with Crippen molar-refractivity contribution in [3.63, 3.8) is 0 Å². The second kappa shape index (κ2) is 5.72. The van der Waals surface area contributed by atoms with Crippen molar-refractivity contribution < 1.29 is 9.90 Å². The fourth-order valence-corrected chi connectivity index (χ4v) is 3.23. The van der Waals surface area contributed by atoms with Crippen LogP contribution in [0.2, 0.25) is 0 Å². The maximum absolute atomic E-state index is 11.5. The zero-order chi connectivity index (χ0) is 14.8. The number of carbonyl (C=O) groups is 1. The molecule has 0 spiro atoms. The number of carboxylic acid groups (broad SMARTS) is 1. The normalized spacial score (nSPS) is 25.7. The van der Waals surface area contributed by atoms with Crippen molar-refractivity contribution >= 4 is 5.97 Å². The van der Waals surface area contributed by atoms with Crippen molar-refractivity contribution in [2.75, 3.05) is 0 Å². The van der Waals surface area contributed by atoms with Crippen molar-refractivity contribution in [2.24, 2.45) is 11.8 Å². The van der Waals surface area contributed by atoms with Gasteiger partial charge in [0.25, 0.3) is 0 Å². The van der Waals surface area contributed by atoms with Crippen LogP contribution in [0.25, 0.3) is 11.1 Å². The number of hydrogen-bond acceptors (Lipinski definition) is 2. The molecule has 1 saturated carbocycles. The highest BCUT2D eigenvalue weighted by atomic mass is 16.4. The number of aliphatic carboxylic acids is 1. The molecule has 0 aliphatic heterocycles. The average molecular weight is 284 g/mol. The fourth-order valence-electron chi connectivity index (χ4n) is 3.23. The van der Waals surface area contributed by atoms with E-state index in [1.54, 1.807) is 0 Å². The lowest BCUT2D eigenvalue weighted by Crippen LogP contribution is -2.32. The molecule has 1 heterocycles. The third-order valence-electron chi connectivity index (χ3n) is 4.44. The molecule has 3 atom stereocenters. The van der Waals surface area contributed by atoms with Gasteiger partial charge in [0.1, 0.15) is 0 Å². The molecule has 3 rings (SSSR count). The molecule has 1 N–H and O–H groups in total. The van der Waals surface area contributed by atoms with Gasteiger partial charge in [0.05, 0.1) is 18.2 Å². The summed E-state index contributed by atoms with van der Waals surface area (Å²) in [6.07, 6.45) is 6.41. The molecule has 2 aromatic rings. The second-order valence-electron chi connectivity index (χ2n) is 6.01. The van der Waals surface area contributed by atoms with Crippen LogP contribution in [0.3, 0.4) is 0 Å². The molecule has 1 aromatic heterocycles. The predicted octanol–water partition coefficient (Wildman–Crippen LogP) is 3.61. The Kier molecular flexibility index (Phi) is 3.78. The van der Waals surface area contributed by atoms with Gasteiger partial charge in [-0.05, 0) is 30.7 Å². The topological polar surface area (TPSA) is 55.1 Å². The van der Waals surface area contributed by atoms with Crippen LogP contribution >= 0.6 is 0 Å². The van der Waals surface area contributed by atoms with Crippen molar-refractivity contribution in [1.82, 2.24) is 9.78 Å². The van der Waals surface area contributed by atoms with Crippen LogP contribution in [0.4, 0.5) is 0 Å². The lowest BCUT2D eigenvalue weighted by atomic mass is 9.79. The quantitative estimate of drug-likeness (QED) is 0.936. The first-order valence-corrected chi connectivity index (χ1v) is 7.47. The molecule has 0 bridgehead atoms. The minimum Gasteiger partial charge on any atom is -0.481 e. The van der Waals surface area contributed by atoms with Crippen LogP contribution in [-0.4, -0.2) is 20.9 Å². The highest BCUT2D eigenvalue weighted by Gasteiger charge is 2.35. The number of benzene rings is 1. The summed E-state index contributed by atoms with van der Waals surface area (Å²) in [5.41, 5.74) is 2.15. The largest absolute Gasteiger partial charge is 0.481 e. The fraction of sp³-hybridized carbons (Fsp3) is 0.412. The predicted molar refractivity (Wildman–Crippen MR) is 80.8 cm³/mol. The van der Waals surface area contributed by atoms with Crippen LogP contribution in [0, 0.1) is 11.8 Å². The molecule has 1 aromatic carbocycles. The van der Waals surface area contributed by atoms with Gasteiger partial charge in [-0.25, -0.2) is 0 Å². The summed E-state index contributed by atoms with van der Waals surface area (Å²) in [4.78, 5) is 11.5. The van der Waals surface area contributed by atoms with Gasteiger partial charge in [0.15, 0.2) is 0 Å². The Morgan fingerprint density at radius 1 is 1.24 bits per heavy atom. The Morgan fingerprint density at radius 2 is 2.00 bits per heavy atom. The van der Waals surface area contributed by atoms with E-state index in [0.717, 1.165) is 30.4 Å². The molecular formula is C17H20N2O2. The van der Waals surface area contributed by atoms with Gasteiger partial charge in [-0.3, -0.25) is 9.48 Å². The van der Waals surface area contributed by atoms with Crippen LogP contribution in [0.5, 0.6) is 0 Å². The summed E-state index contributed by atoms with van der Waals surface area (Å²) in [6.45, 7) is 2.19. The molecule has 1 fully saturated rings. The summed E-state index contributed by atoms with van der Waals surface area (Å²) in [5, 5.41) is 13.9. The first-order chi connectivity index (χ1) is 10.1. The molecule has 4 nitrogen and oxygen atoms in total. The lowest BCUT2D eigenvalue weighted by molar-refractivity contribution is -0.145. The maximum Gasteiger partial charge on any atom is 0.308 e. The van der Waals surface area contributed by atoms with Crippen LogP contribution in [0.15, 0.2) is 42.7 Å². The van der Waals surface area contributed by atoms with Crippen LogP contribution in [0.1, 0.15) is 32.2 Å². The standard InChI is InChI=1S/C17H20N2O2/c1-12-7-8-15(17(20)21)16(9-12)19-11-14(10-18-19)13-5-3-2-4-6-13/h2-6,10-12,15-16H,7-9H2,1H3,(H,20,21). The van der Waals surface area contributed by atoms with Crippen LogP contribution < -0.4 is 0 Å². The third kappa shape index (κ3) is 2.84. The second-order valence-corrected chi connectivity index (χ2v) is 6.01. The zero-order valence-corrected chi connectivity index (χ0v) is 12.1. The number of rotatable bonds is 3. The minimum absolute atomic E-state index is 0.0382. The zero-order valence-electron chi connectivity index (χ0n) is 12.1.